The first-order valence-electron chi connectivity index (χ1n) is 6.96. The van der Waals surface area contributed by atoms with Gasteiger partial charge in [-0.05, 0) is 33.7 Å². The monoisotopic (exact) mass is 286 g/mol. The van der Waals surface area contributed by atoms with Crippen LogP contribution in [-0.2, 0) is 9.53 Å². The molecule has 7 nitrogen and oxygen atoms in total. The Morgan fingerprint density at radius 3 is 2.45 bits per heavy atom. The van der Waals surface area contributed by atoms with Gasteiger partial charge in [0, 0.05) is 26.2 Å². The van der Waals surface area contributed by atoms with E-state index in [-0.39, 0.29) is 6.54 Å². The Balaban J connectivity index is 2.64. The Morgan fingerprint density at radius 2 is 1.95 bits per heavy atom. The minimum Gasteiger partial charge on any atom is -0.444 e. The molecule has 20 heavy (non-hydrogen) atoms. The number of carbonyl (C=O) groups excluding carboxylic acids is 2. The van der Waals surface area contributed by atoms with Crippen molar-refractivity contribution in [3.63, 3.8) is 0 Å². The Kier molecular flexibility index (Phi) is 5.76. The molecule has 0 spiro atoms. The van der Waals surface area contributed by atoms with Crippen LogP contribution < -0.4 is 11.5 Å². The number of hydrogen-bond donors (Lipinski definition) is 2. The van der Waals surface area contributed by atoms with Crippen molar-refractivity contribution < 1.29 is 14.3 Å². The van der Waals surface area contributed by atoms with Gasteiger partial charge in [-0.2, -0.15) is 0 Å². The molecule has 0 aromatic heterocycles. The second-order valence-corrected chi connectivity index (χ2v) is 6.02. The van der Waals surface area contributed by atoms with Crippen LogP contribution in [0, 0.1) is 0 Å². The highest BCUT2D eigenvalue weighted by molar-refractivity contribution is 5.81. The summed E-state index contributed by atoms with van der Waals surface area (Å²) < 4.78 is 5.32. The van der Waals surface area contributed by atoms with Gasteiger partial charge in [0.2, 0.25) is 5.91 Å². The summed E-state index contributed by atoms with van der Waals surface area (Å²) in [6.45, 7) is 8.13. The molecule has 0 saturated carbocycles. The van der Waals surface area contributed by atoms with Crippen LogP contribution in [0.25, 0.3) is 0 Å². The maximum atomic E-state index is 12.0. The number of hydrogen-bond acceptors (Lipinski definition) is 5. The zero-order valence-corrected chi connectivity index (χ0v) is 12.6. The summed E-state index contributed by atoms with van der Waals surface area (Å²) in [6.07, 6.45) is 0.401. The molecule has 1 aliphatic rings. The molecule has 0 aromatic carbocycles. The lowest BCUT2D eigenvalue weighted by molar-refractivity contribution is -0.125. The van der Waals surface area contributed by atoms with E-state index in [0.717, 1.165) is 6.42 Å². The first-order valence-corrected chi connectivity index (χ1v) is 6.96. The summed E-state index contributed by atoms with van der Waals surface area (Å²) in [5.41, 5.74) is 10.4. The van der Waals surface area contributed by atoms with Crippen molar-refractivity contribution in [1.82, 2.24) is 9.80 Å². The standard InChI is InChI=1S/C13H26N4O3/c1-13(2,3)20-12(19)17-8-7-16(6-4-5-14)10(9-17)11(15)18/h10H,4-9,14H2,1-3H3,(H2,15,18). The highest BCUT2D eigenvalue weighted by Gasteiger charge is 2.34. The van der Waals surface area contributed by atoms with Crippen LogP contribution in [0.5, 0.6) is 0 Å². The van der Waals surface area contributed by atoms with E-state index in [9.17, 15) is 9.59 Å². The predicted octanol–water partition coefficient (Wildman–Crippen LogP) is -0.258. The van der Waals surface area contributed by atoms with E-state index in [2.05, 4.69) is 0 Å². The molecular formula is C13H26N4O3. The minimum absolute atomic E-state index is 0.273. The molecule has 1 unspecified atom stereocenters. The number of rotatable bonds is 4. The van der Waals surface area contributed by atoms with E-state index in [1.807, 2.05) is 25.7 Å². The zero-order valence-electron chi connectivity index (χ0n) is 12.6. The lowest BCUT2D eigenvalue weighted by Gasteiger charge is -2.40. The summed E-state index contributed by atoms with van der Waals surface area (Å²) in [5.74, 6) is -0.421. The average molecular weight is 286 g/mol. The third kappa shape index (κ3) is 4.97. The van der Waals surface area contributed by atoms with Crippen LogP contribution in [0.2, 0.25) is 0 Å². The molecule has 1 fully saturated rings. The Morgan fingerprint density at radius 1 is 1.30 bits per heavy atom. The number of nitrogens with two attached hydrogens (primary N) is 2. The van der Waals surface area contributed by atoms with Gasteiger partial charge in [-0.1, -0.05) is 0 Å². The molecule has 1 aliphatic heterocycles. The largest absolute Gasteiger partial charge is 0.444 e. The van der Waals surface area contributed by atoms with Crippen molar-refractivity contribution >= 4 is 12.0 Å². The number of nitrogens with zero attached hydrogens (tertiary/aromatic N) is 2. The SMILES string of the molecule is CC(C)(C)OC(=O)N1CCN(CCCN)C(C(N)=O)C1. The van der Waals surface area contributed by atoms with E-state index in [4.69, 9.17) is 16.2 Å². The van der Waals surface area contributed by atoms with Gasteiger partial charge in [0.1, 0.15) is 11.6 Å². The Labute approximate surface area is 120 Å². The second kappa shape index (κ2) is 6.90. The lowest BCUT2D eigenvalue weighted by Crippen LogP contribution is -2.60. The minimum atomic E-state index is -0.546. The van der Waals surface area contributed by atoms with Crippen molar-refractivity contribution in [1.29, 1.82) is 0 Å². The van der Waals surface area contributed by atoms with Gasteiger partial charge < -0.3 is 21.1 Å². The summed E-state index contributed by atoms with van der Waals surface area (Å²) >= 11 is 0. The van der Waals surface area contributed by atoms with E-state index in [0.29, 0.717) is 26.2 Å². The van der Waals surface area contributed by atoms with Crippen LogP contribution in [0.3, 0.4) is 0 Å². The van der Waals surface area contributed by atoms with Gasteiger partial charge in [-0.3, -0.25) is 9.69 Å². The first kappa shape index (κ1) is 16.7. The molecule has 2 amide bonds. The maximum Gasteiger partial charge on any atom is 0.410 e. The lowest BCUT2D eigenvalue weighted by atomic mass is 10.1. The molecule has 7 heteroatoms. The number of carbonyl (C=O) groups is 2. The smallest absolute Gasteiger partial charge is 0.410 e. The van der Waals surface area contributed by atoms with Gasteiger partial charge >= 0.3 is 6.09 Å². The van der Waals surface area contributed by atoms with Crippen LogP contribution in [0.15, 0.2) is 0 Å². The van der Waals surface area contributed by atoms with E-state index < -0.39 is 23.6 Å². The molecule has 0 aromatic rings. The van der Waals surface area contributed by atoms with Crippen LogP contribution in [0.1, 0.15) is 27.2 Å². The normalized spacial score (nSPS) is 20.8. The Bertz CT molecular complexity index is 354. The van der Waals surface area contributed by atoms with Gasteiger partial charge in [0.25, 0.3) is 0 Å². The molecular weight excluding hydrogens is 260 g/mol. The highest BCUT2D eigenvalue weighted by atomic mass is 16.6. The maximum absolute atomic E-state index is 12.0. The second-order valence-electron chi connectivity index (χ2n) is 6.02. The molecule has 1 saturated heterocycles. The Hall–Kier alpha value is -1.34. The van der Waals surface area contributed by atoms with Crippen LogP contribution >= 0.6 is 0 Å². The molecule has 1 rings (SSSR count). The summed E-state index contributed by atoms with van der Waals surface area (Å²) in [7, 11) is 0. The summed E-state index contributed by atoms with van der Waals surface area (Å²) in [6, 6.07) is -0.470. The molecule has 0 radical (unpaired) electrons. The third-order valence-corrected chi connectivity index (χ3v) is 3.12. The van der Waals surface area contributed by atoms with E-state index in [1.54, 1.807) is 4.90 Å². The average Bonchev–Trinajstić information content (AvgIpc) is 2.33. The third-order valence-electron chi connectivity index (χ3n) is 3.12. The summed E-state index contributed by atoms with van der Waals surface area (Å²) in [4.78, 5) is 27.1. The van der Waals surface area contributed by atoms with E-state index >= 15 is 0 Å². The van der Waals surface area contributed by atoms with Crippen molar-refractivity contribution in [2.24, 2.45) is 11.5 Å². The highest BCUT2D eigenvalue weighted by Crippen LogP contribution is 2.15. The molecule has 1 heterocycles. The van der Waals surface area contributed by atoms with Crippen molar-refractivity contribution in [3.05, 3.63) is 0 Å². The molecule has 1 atom stereocenters. The van der Waals surface area contributed by atoms with Crippen molar-refractivity contribution in [2.45, 2.75) is 38.8 Å². The van der Waals surface area contributed by atoms with Gasteiger partial charge in [-0.25, -0.2) is 4.79 Å². The van der Waals surface area contributed by atoms with Gasteiger partial charge in [0.05, 0.1) is 0 Å². The molecule has 116 valence electrons. The number of ether oxygens (including phenoxy) is 1. The van der Waals surface area contributed by atoms with Crippen LogP contribution in [0.4, 0.5) is 4.79 Å². The topological polar surface area (TPSA) is 102 Å². The van der Waals surface area contributed by atoms with Gasteiger partial charge in [-0.15, -0.1) is 0 Å². The predicted molar refractivity (Wildman–Crippen MR) is 76.0 cm³/mol. The zero-order chi connectivity index (χ0) is 15.3. The number of piperazine rings is 1. The quantitative estimate of drug-likeness (QED) is 0.741. The molecule has 4 N–H and O–H groups in total. The molecule has 0 bridgehead atoms. The summed E-state index contributed by atoms with van der Waals surface area (Å²) in [5, 5.41) is 0. The van der Waals surface area contributed by atoms with Crippen LogP contribution in [-0.4, -0.2) is 66.2 Å². The fourth-order valence-electron chi connectivity index (χ4n) is 2.14. The fraction of sp³-hybridized carbons (Fsp3) is 0.846. The number of amides is 2. The van der Waals surface area contributed by atoms with Gasteiger partial charge in [0.15, 0.2) is 0 Å². The number of primary amides is 1. The molecule has 0 aliphatic carbocycles. The fourth-order valence-corrected chi connectivity index (χ4v) is 2.14. The van der Waals surface area contributed by atoms with Crippen molar-refractivity contribution in [3.8, 4) is 0 Å². The first-order chi connectivity index (χ1) is 9.24. The van der Waals surface area contributed by atoms with E-state index in [1.165, 1.54) is 0 Å². The van der Waals surface area contributed by atoms with Crippen molar-refractivity contribution in [2.75, 3.05) is 32.7 Å².